The first-order chi connectivity index (χ1) is 10.2. The fourth-order valence-corrected chi connectivity index (χ4v) is 2.49. The number of hydrogen-bond donors (Lipinski definition) is 2. The number of carbonyl (C=O) groups excluding carboxylic acids is 2. The van der Waals surface area contributed by atoms with Gasteiger partial charge in [0.25, 0.3) is 5.91 Å². The zero-order valence-electron chi connectivity index (χ0n) is 11.6. The van der Waals surface area contributed by atoms with Gasteiger partial charge in [0.2, 0.25) is 12.0 Å². The summed E-state index contributed by atoms with van der Waals surface area (Å²) in [6, 6.07) is 6.73. The summed E-state index contributed by atoms with van der Waals surface area (Å²) in [6.45, 7) is 0.818. The highest BCUT2D eigenvalue weighted by Gasteiger charge is 2.31. The third kappa shape index (κ3) is 3.09. The van der Waals surface area contributed by atoms with Crippen molar-refractivity contribution in [2.24, 2.45) is 0 Å². The van der Waals surface area contributed by atoms with E-state index in [4.69, 9.17) is 9.47 Å². The summed E-state index contributed by atoms with van der Waals surface area (Å²) in [5.74, 6) is 0.743. The molecule has 1 fully saturated rings. The maximum Gasteiger partial charge on any atom is 0.265 e. The van der Waals surface area contributed by atoms with E-state index < -0.39 is 12.1 Å². The molecule has 6 nitrogen and oxygen atoms in total. The number of benzene rings is 1. The summed E-state index contributed by atoms with van der Waals surface area (Å²) in [5.41, 5.74) is 0. The smallest absolute Gasteiger partial charge is 0.265 e. The number of carbonyl (C=O) groups is 2. The van der Waals surface area contributed by atoms with E-state index >= 15 is 0 Å². The number of para-hydroxylation sites is 2. The highest BCUT2D eigenvalue weighted by molar-refractivity contribution is 5.89. The van der Waals surface area contributed by atoms with Gasteiger partial charge in [-0.25, -0.2) is 0 Å². The third-order valence-electron chi connectivity index (χ3n) is 3.65. The molecule has 1 saturated heterocycles. The Kier molecular flexibility index (Phi) is 3.94. The van der Waals surface area contributed by atoms with Crippen molar-refractivity contribution in [2.45, 2.75) is 31.4 Å². The van der Waals surface area contributed by atoms with Crippen LogP contribution in [0, 0.1) is 0 Å². The molecule has 2 heterocycles. The zero-order chi connectivity index (χ0) is 14.7. The van der Waals surface area contributed by atoms with Crippen molar-refractivity contribution in [3.63, 3.8) is 0 Å². The third-order valence-corrected chi connectivity index (χ3v) is 3.65. The molecule has 2 aliphatic heterocycles. The van der Waals surface area contributed by atoms with Gasteiger partial charge in [-0.15, -0.1) is 0 Å². The average molecular weight is 290 g/mol. The Morgan fingerprint density at radius 2 is 2.05 bits per heavy atom. The maximum absolute atomic E-state index is 12.2. The Labute approximate surface area is 122 Å². The van der Waals surface area contributed by atoms with Crippen molar-refractivity contribution < 1.29 is 19.1 Å². The molecule has 21 heavy (non-hydrogen) atoms. The number of amides is 2. The summed E-state index contributed by atoms with van der Waals surface area (Å²) in [7, 11) is 0. The monoisotopic (exact) mass is 290 g/mol. The van der Waals surface area contributed by atoms with Gasteiger partial charge >= 0.3 is 0 Å². The Balaban J connectivity index is 1.62. The van der Waals surface area contributed by atoms with E-state index in [2.05, 4.69) is 10.6 Å². The molecule has 112 valence electrons. The number of fused-ring (bicyclic) bond motifs is 1. The van der Waals surface area contributed by atoms with E-state index in [1.54, 1.807) is 12.1 Å². The van der Waals surface area contributed by atoms with E-state index in [0.717, 1.165) is 12.8 Å². The second-order valence-electron chi connectivity index (χ2n) is 5.21. The molecule has 1 aromatic rings. The fraction of sp³-hybridized carbons (Fsp3) is 0.467. The van der Waals surface area contributed by atoms with Crippen LogP contribution in [0.25, 0.3) is 0 Å². The lowest BCUT2D eigenvalue weighted by Crippen LogP contribution is -2.52. The van der Waals surface area contributed by atoms with Gasteiger partial charge in [0.05, 0.1) is 0 Å². The molecule has 2 atom stereocenters. The fourth-order valence-electron chi connectivity index (χ4n) is 2.49. The van der Waals surface area contributed by atoms with Crippen LogP contribution in [0.5, 0.6) is 11.5 Å². The van der Waals surface area contributed by atoms with E-state index in [0.29, 0.717) is 24.5 Å². The molecular weight excluding hydrogens is 272 g/mol. The van der Waals surface area contributed by atoms with Crippen LogP contribution >= 0.6 is 0 Å². The van der Waals surface area contributed by atoms with E-state index in [-0.39, 0.29) is 18.4 Å². The standard InChI is InChI=1S/C15H18N2O4/c18-14-10(5-3-4-8-16-14)17-15(19)13-9-20-11-6-1-2-7-12(11)21-13/h1-2,6-7,10,13H,3-5,8-9H2,(H,16,18)(H,17,19)/t10-,13+/m1/s1. The van der Waals surface area contributed by atoms with E-state index in [9.17, 15) is 9.59 Å². The van der Waals surface area contributed by atoms with Crippen LogP contribution in [0.3, 0.4) is 0 Å². The van der Waals surface area contributed by atoms with Crippen LogP contribution in [0.2, 0.25) is 0 Å². The summed E-state index contributed by atoms with van der Waals surface area (Å²) in [5, 5.41) is 5.55. The van der Waals surface area contributed by atoms with Crippen molar-refractivity contribution >= 4 is 11.8 Å². The summed E-state index contributed by atoms with van der Waals surface area (Å²) in [6.07, 6.45) is 1.78. The molecule has 2 amide bonds. The predicted molar refractivity (Wildman–Crippen MR) is 75.1 cm³/mol. The number of ether oxygens (including phenoxy) is 2. The van der Waals surface area contributed by atoms with E-state index in [1.807, 2.05) is 12.1 Å². The van der Waals surface area contributed by atoms with Crippen molar-refractivity contribution in [3.8, 4) is 11.5 Å². The first kappa shape index (κ1) is 13.7. The molecule has 2 aliphatic rings. The highest BCUT2D eigenvalue weighted by Crippen LogP contribution is 2.30. The first-order valence-corrected chi connectivity index (χ1v) is 7.20. The van der Waals surface area contributed by atoms with Crippen molar-refractivity contribution in [1.82, 2.24) is 10.6 Å². The minimum atomic E-state index is -0.726. The van der Waals surface area contributed by atoms with Crippen LogP contribution < -0.4 is 20.1 Å². The molecule has 1 aromatic carbocycles. The zero-order valence-corrected chi connectivity index (χ0v) is 11.6. The van der Waals surface area contributed by atoms with Crippen molar-refractivity contribution in [1.29, 1.82) is 0 Å². The topological polar surface area (TPSA) is 76.7 Å². The quantitative estimate of drug-likeness (QED) is 0.837. The second kappa shape index (κ2) is 6.03. The van der Waals surface area contributed by atoms with Crippen LogP contribution in [0.15, 0.2) is 24.3 Å². The molecule has 0 aliphatic carbocycles. The number of nitrogens with one attached hydrogen (secondary N) is 2. The SMILES string of the molecule is O=C(N[C@@H]1CCCCNC1=O)[C@@H]1COc2ccccc2O1. The van der Waals surface area contributed by atoms with Gasteiger partial charge in [0.15, 0.2) is 11.5 Å². The summed E-state index contributed by atoms with van der Waals surface area (Å²) >= 11 is 0. The normalized spacial score (nSPS) is 24.7. The largest absolute Gasteiger partial charge is 0.485 e. The lowest BCUT2D eigenvalue weighted by molar-refractivity contribution is -0.134. The Bertz CT molecular complexity index is 546. The summed E-state index contributed by atoms with van der Waals surface area (Å²) < 4.78 is 11.1. The molecule has 0 radical (unpaired) electrons. The Morgan fingerprint density at radius 3 is 2.90 bits per heavy atom. The molecule has 3 rings (SSSR count). The first-order valence-electron chi connectivity index (χ1n) is 7.20. The van der Waals surface area contributed by atoms with Gasteiger partial charge in [-0.3, -0.25) is 9.59 Å². The van der Waals surface area contributed by atoms with Gasteiger partial charge < -0.3 is 20.1 Å². The lowest BCUT2D eigenvalue weighted by atomic mass is 10.1. The van der Waals surface area contributed by atoms with Gasteiger partial charge in [-0.05, 0) is 31.4 Å². The van der Waals surface area contributed by atoms with Crippen LogP contribution in [0.1, 0.15) is 19.3 Å². The molecular formula is C15H18N2O4. The van der Waals surface area contributed by atoms with Gasteiger partial charge in [-0.2, -0.15) is 0 Å². The van der Waals surface area contributed by atoms with Crippen LogP contribution in [-0.4, -0.2) is 37.1 Å². The van der Waals surface area contributed by atoms with Crippen LogP contribution in [-0.2, 0) is 9.59 Å². The molecule has 0 bridgehead atoms. The maximum atomic E-state index is 12.2. The molecule has 0 aromatic heterocycles. The van der Waals surface area contributed by atoms with Crippen LogP contribution in [0.4, 0.5) is 0 Å². The van der Waals surface area contributed by atoms with Crippen molar-refractivity contribution in [3.05, 3.63) is 24.3 Å². The Morgan fingerprint density at radius 1 is 1.24 bits per heavy atom. The second-order valence-corrected chi connectivity index (χ2v) is 5.21. The summed E-state index contributed by atoms with van der Waals surface area (Å²) in [4.78, 5) is 24.1. The average Bonchev–Trinajstić information content (AvgIpc) is 2.72. The molecule has 0 saturated carbocycles. The molecule has 2 N–H and O–H groups in total. The number of hydrogen-bond acceptors (Lipinski definition) is 4. The van der Waals surface area contributed by atoms with Gasteiger partial charge in [0, 0.05) is 6.54 Å². The van der Waals surface area contributed by atoms with Crippen molar-refractivity contribution in [2.75, 3.05) is 13.2 Å². The predicted octanol–water partition coefficient (Wildman–Crippen LogP) is 0.611. The molecule has 0 spiro atoms. The van der Waals surface area contributed by atoms with Gasteiger partial charge in [0.1, 0.15) is 12.6 Å². The van der Waals surface area contributed by atoms with Gasteiger partial charge in [-0.1, -0.05) is 12.1 Å². The number of rotatable bonds is 2. The minimum Gasteiger partial charge on any atom is -0.485 e. The minimum absolute atomic E-state index is 0.127. The molecule has 0 unspecified atom stereocenters. The highest BCUT2D eigenvalue weighted by atomic mass is 16.6. The molecule has 6 heteroatoms. The lowest BCUT2D eigenvalue weighted by Gasteiger charge is -2.26. The van der Waals surface area contributed by atoms with E-state index in [1.165, 1.54) is 0 Å². The Hall–Kier alpha value is -2.24.